The van der Waals surface area contributed by atoms with Gasteiger partial charge in [-0.25, -0.2) is 0 Å². The fraction of sp³-hybridized carbons (Fsp3) is 0.385. The van der Waals surface area contributed by atoms with Crippen LogP contribution >= 0.6 is 11.6 Å². The number of para-hydroxylation sites is 1. The Morgan fingerprint density at radius 3 is 2.65 bits per heavy atom. The van der Waals surface area contributed by atoms with Crippen LogP contribution in [0.4, 0.5) is 0 Å². The first-order valence-electron chi connectivity index (χ1n) is 5.65. The maximum Gasteiger partial charge on any atom is 0.269 e. The van der Waals surface area contributed by atoms with Crippen molar-refractivity contribution < 1.29 is 14.2 Å². The van der Waals surface area contributed by atoms with E-state index in [2.05, 4.69) is 0 Å². The highest BCUT2D eigenvalue weighted by molar-refractivity contribution is 6.17. The first kappa shape index (κ1) is 12.1. The molecule has 4 heteroatoms. The highest BCUT2D eigenvalue weighted by Gasteiger charge is 2.19. The van der Waals surface area contributed by atoms with Crippen molar-refractivity contribution in [3.05, 3.63) is 42.4 Å². The van der Waals surface area contributed by atoms with Crippen molar-refractivity contribution in [3.8, 4) is 5.75 Å². The van der Waals surface area contributed by atoms with Crippen LogP contribution in [0.25, 0.3) is 0 Å². The summed E-state index contributed by atoms with van der Waals surface area (Å²) < 4.78 is 16.3. The van der Waals surface area contributed by atoms with E-state index in [4.69, 9.17) is 25.8 Å². The van der Waals surface area contributed by atoms with Gasteiger partial charge in [0.05, 0.1) is 12.2 Å². The van der Waals surface area contributed by atoms with Gasteiger partial charge in [-0.15, -0.1) is 11.6 Å². The number of hydrogen-bond acceptors (Lipinski definition) is 3. The van der Waals surface area contributed by atoms with Crippen LogP contribution in [0.3, 0.4) is 0 Å². The van der Waals surface area contributed by atoms with Crippen LogP contribution in [-0.2, 0) is 9.47 Å². The average Bonchev–Trinajstić information content (AvgIpc) is 2.89. The number of hydrogen-bond donors (Lipinski definition) is 0. The van der Waals surface area contributed by atoms with E-state index in [0.29, 0.717) is 12.5 Å². The van der Waals surface area contributed by atoms with Gasteiger partial charge in [0.15, 0.2) is 0 Å². The minimum atomic E-state index is -0.390. The van der Waals surface area contributed by atoms with Crippen LogP contribution in [0, 0.1) is 0 Å². The number of rotatable bonds is 6. The molecule has 0 radical (unpaired) electrons. The van der Waals surface area contributed by atoms with Crippen molar-refractivity contribution in [2.45, 2.75) is 19.1 Å². The number of unbranched alkanes of at least 4 members (excludes halogenated alkanes) is 1. The number of alkyl halides is 1. The van der Waals surface area contributed by atoms with Crippen LogP contribution in [-0.4, -0.2) is 12.5 Å². The number of halogens is 1. The molecule has 0 unspecified atom stereocenters. The Morgan fingerprint density at radius 2 is 1.88 bits per heavy atom. The van der Waals surface area contributed by atoms with Crippen LogP contribution in [0.1, 0.15) is 24.7 Å². The third-order valence-corrected chi connectivity index (χ3v) is 2.69. The first-order valence-corrected chi connectivity index (χ1v) is 6.19. The summed E-state index contributed by atoms with van der Waals surface area (Å²) in [4.78, 5) is 0. The molecule has 0 saturated carbocycles. The van der Waals surface area contributed by atoms with E-state index < -0.39 is 0 Å². The van der Waals surface area contributed by atoms with Crippen LogP contribution in [0.5, 0.6) is 5.75 Å². The number of ether oxygens (including phenoxy) is 3. The molecule has 17 heavy (non-hydrogen) atoms. The highest BCUT2D eigenvalue weighted by Crippen LogP contribution is 2.31. The standard InChI is InChI=1S/C13H15ClO3/c14-7-3-4-8-15-12-6-2-1-5-11(12)13-16-9-10-17-13/h1-2,5-6,9-10,13H,3-4,7-8H2. The summed E-state index contributed by atoms with van der Waals surface area (Å²) in [6.07, 6.45) is 4.59. The van der Waals surface area contributed by atoms with Crippen LogP contribution in [0.15, 0.2) is 36.8 Å². The molecule has 0 aliphatic carbocycles. The van der Waals surface area contributed by atoms with E-state index in [1.54, 1.807) is 0 Å². The molecule has 0 atom stereocenters. The highest BCUT2D eigenvalue weighted by atomic mass is 35.5. The molecule has 1 aromatic carbocycles. The van der Waals surface area contributed by atoms with Crippen molar-refractivity contribution in [2.75, 3.05) is 12.5 Å². The van der Waals surface area contributed by atoms with Gasteiger partial charge in [-0.05, 0) is 25.0 Å². The van der Waals surface area contributed by atoms with E-state index in [0.717, 1.165) is 24.2 Å². The summed E-state index contributed by atoms with van der Waals surface area (Å²) in [7, 11) is 0. The fourth-order valence-corrected chi connectivity index (χ4v) is 1.76. The summed E-state index contributed by atoms with van der Waals surface area (Å²) in [5.74, 6) is 1.47. The fourth-order valence-electron chi connectivity index (χ4n) is 1.57. The molecule has 1 aromatic rings. The Balaban J connectivity index is 1.95. The van der Waals surface area contributed by atoms with Crippen LogP contribution < -0.4 is 4.74 Å². The zero-order chi connectivity index (χ0) is 11.9. The summed E-state index contributed by atoms with van der Waals surface area (Å²) in [5, 5.41) is 0. The molecule has 0 saturated heterocycles. The molecule has 0 N–H and O–H groups in total. The molecular formula is C13H15ClO3. The second kappa shape index (κ2) is 6.40. The molecule has 0 spiro atoms. The average molecular weight is 255 g/mol. The monoisotopic (exact) mass is 254 g/mol. The smallest absolute Gasteiger partial charge is 0.269 e. The molecule has 1 heterocycles. The second-order valence-electron chi connectivity index (χ2n) is 3.66. The molecule has 0 bridgehead atoms. The topological polar surface area (TPSA) is 27.7 Å². The van der Waals surface area contributed by atoms with E-state index in [1.165, 1.54) is 12.5 Å². The van der Waals surface area contributed by atoms with Gasteiger partial charge in [0, 0.05) is 5.88 Å². The van der Waals surface area contributed by atoms with E-state index >= 15 is 0 Å². The lowest BCUT2D eigenvalue weighted by Crippen LogP contribution is -2.04. The van der Waals surface area contributed by atoms with Gasteiger partial charge < -0.3 is 14.2 Å². The predicted octanol–water partition coefficient (Wildman–Crippen LogP) is 3.60. The lowest BCUT2D eigenvalue weighted by molar-refractivity contribution is -0.0264. The molecule has 3 nitrogen and oxygen atoms in total. The molecule has 2 rings (SSSR count). The Bertz CT molecular complexity index is 371. The molecule has 92 valence electrons. The number of benzene rings is 1. The van der Waals surface area contributed by atoms with Gasteiger partial charge in [-0.2, -0.15) is 0 Å². The Kier molecular flexibility index (Phi) is 4.56. The summed E-state index contributed by atoms with van der Waals surface area (Å²) >= 11 is 5.61. The first-order chi connectivity index (χ1) is 8.42. The SMILES string of the molecule is ClCCCCOc1ccccc1C1OC=CO1. The van der Waals surface area contributed by atoms with Crippen molar-refractivity contribution in [3.63, 3.8) is 0 Å². The molecule has 1 aliphatic rings. The van der Waals surface area contributed by atoms with Gasteiger partial charge in [0.1, 0.15) is 18.3 Å². The Hall–Kier alpha value is -1.35. The third-order valence-electron chi connectivity index (χ3n) is 2.42. The van der Waals surface area contributed by atoms with Crippen LogP contribution in [0.2, 0.25) is 0 Å². The molecule has 0 aromatic heterocycles. The zero-order valence-corrected chi connectivity index (χ0v) is 10.2. The predicted molar refractivity (Wildman–Crippen MR) is 65.9 cm³/mol. The van der Waals surface area contributed by atoms with Crippen molar-refractivity contribution in [2.24, 2.45) is 0 Å². The van der Waals surface area contributed by atoms with E-state index in [1.807, 2.05) is 24.3 Å². The lowest BCUT2D eigenvalue weighted by Gasteiger charge is -2.15. The summed E-state index contributed by atoms with van der Waals surface area (Å²) in [6, 6.07) is 7.73. The van der Waals surface area contributed by atoms with Crippen molar-refractivity contribution in [1.82, 2.24) is 0 Å². The van der Waals surface area contributed by atoms with Gasteiger partial charge in [0.2, 0.25) is 0 Å². The normalized spacial score (nSPS) is 14.4. The van der Waals surface area contributed by atoms with Gasteiger partial charge in [-0.1, -0.05) is 12.1 Å². The van der Waals surface area contributed by atoms with Crippen molar-refractivity contribution in [1.29, 1.82) is 0 Å². The van der Waals surface area contributed by atoms with Gasteiger partial charge in [-0.3, -0.25) is 0 Å². The zero-order valence-electron chi connectivity index (χ0n) is 9.47. The largest absolute Gasteiger partial charge is 0.493 e. The second-order valence-corrected chi connectivity index (χ2v) is 4.04. The Labute approximate surface area is 106 Å². The summed E-state index contributed by atoms with van der Waals surface area (Å²) in [5.41, 5.74) is 0.906. The third kappa shape index (κ3) is 3.30. The maximum absolute atomic E-state index is 5.71. The van der Waals surface area contributed by atoms with Gasteiger partial charge >= 0.3 is 0 Å². The Morgan fingerprint density at radius 1 is 1.12 bits per heavy atom. The summed E-state index contributed by atoms with van der Waals surface area (Å²) in [6.45, 7) is 0.657. The van der Waals surface area contributed by atoms with E-state index in [9.17, 15) is 0 Å². The minimum Gasteiger partial charge on any atom is -0.493 e. The minimum absolute atomic E-state index is 0.390. The lowest BCUT2D eigenvalue weighted by atomic mass is 10.2. The van der Waals surface area contributed by atoms with Gasteiger partial charge in [0.25, 0.3) is 6.29 Å². The molecule has 0 fully saturated rings. The van der Waals surface area contributed by atoms with E-state index in [-0.39, 0.29) is 6.29 Å². The molecule has 1 aliphatic heterocycles. The molecule has 0 amide bonds. The maximum atomic E-state index is 5.71. The molecular weight excluding hydrogens is 240 g/mol. The quantitative estimate of drug-likeness (QED) is 0.573. The van der Waals surface area contributed by atoms with Crippen molar-refractivity contribution >= 4 is 11.6 Å².